The van der Waals surface area contributed by atoms with Crippen LogP contribution in [0.2, 0.25) is 0 Å². The molecule has 1 fully saturated rings. The van der Waals surface area contributed by atoms with Crippen molar-refractivity contribution < 1.29 is 9.90 Å². The minimum Gasteiger partial charge on any atom is -0.396 e. The molecular formula is C11H16N2O2S. The second-order valence-corrected chi connectivity index (χ2v) is 5.56. The molecule has 1 aromatic rings. The third kappa shape index (κ3) is 2.25. The Bertz CT molecular complexity index is 403. The van der Waals surface area contributed by atoms with Crippen LogP contribution in [0.3, 0.4) is 0 Å². The maximum Gasteiger partial charge on any atom is 0.223 e. The molecule has 0 radical (unpaired) electrons. The molecule has 0 bridgehead atoms. The minimum absolute atomic E-state index is 0.100. The number of amides is 1. The third-order valence-corrected chi connectivity index (χ3v) is 3.94. The number of hydrogen-bond acceptors (Lipinski definition) is 4. The van der Waals surface area contributed by atoms with Gasteiger partial charge in [0, 0.05) is 30.4 Å². The lowest BCUT2D eigenvalue weighted by atomic mass is 10.1. The van der Waals surface area contributed by atoms with Crippen LogP contribution in [0.15, 0.2) is 0 Å². The van der Waals surface area contributed by atoms with Gasteiger partial charge in [0.25, 0.3) is 0 Å². The number of aliphatic hydroxyl groups is 1. The molecule has 0 aliphatic carbocycles. The lowest BCUT2D eigenvalue weighted by Gasteiger charge is -2.15. The molecule has 0 aromatic carbocycles. The van der Waals surface area contributed by atoms with Crippen LogP contribution < -0.4 is 0 Å². The maximum atomic E-state index is 11.7. The number of rotatable bonds is 3. The van der Waals surface area contributed by atoms with E-state index in [0.717, 1.165) is 15.6 Å². The van der Waals surface area contributed by atoms with Crippen LogP contribution in [-0.4, -0.2) is 34.0 Å². The largest absolute Gasteiger partial charge is 0.396 e. The van der Waals surface area contributed by atoms with E-state index in [-0.39, 0.29) is 18.4 Å². The van der Waals surface area contributed by atoms with Crippen molar-refractivity contribution in [2.45, 2.75) is 26.8 Å². The molecule has 5 heteroatoms. The second kappa shape index (κ2) is 4.51. The molecule has 1 aliphatic heterocycles. The number of likely N-dealkylation sites (tertiary alicyclic amines) is 1. The Morgan fingerprint density at radius 1 is 1.56 bits per heavy atom. The number of aliphatic hydroxyl groups excluding tert-OH is 1. The highest BCUT2D eigenvalue weighted by Crippen LogP contribution is 2.24. The van der Waals surface area contributed by atoms with E-state index in [2.05, 4.69) is 4.98 Å². The molecule has 0 spiro atoms. The summed E-state index contributed by atoms with van der Waals surface area (Å²) < 4.78 is 0. The van der Waals surface area contributed by atoms with Gasteiger partial charge in [0.2, 0.25) is 5.91 Å². The summed E-state index contributed by atoms with van der Waals surface area (Å²) in [6.07, 6.45) is 0.479. The Kier molecular flexibility index (Phi) is 3.25. The van der Waals surface area contributed by atoms with E-state index in [1.54, 1.807) is 11.3 Å². The van der Waals surface area contributed by atoms with Crippen molar-refractivity contribution in [2.75, 3.05) is 13.2 Å². The van der Waals surface area contributed by atoms with E-state index in [4.69, 9.17) is 5.11 Å². The normalized spacial score (nSPS) is 20.8. The van der Waals surface area contributed by atoms with Gasteiger partial charge in [0.05, 0.1) is 17.2 Å². The van der Waals surface area contributed by atoms with Crippen molar-refractivity contribution in [1.29, 1.82) is 0 Å². The quantitative estimate of drug-likeness (QED) is 0.861. The van der Waals surface area contributed by atoms with Gasteiger partial charge in [-0.3, -0.25) is 4.79 Å². The highest BCUT2D eigenvalue weighted by atomic mass is 32.1. The van der Waals surface area contributed by atoms with E-state index in [9.17, 15) is 4.79 Å². The fourth-order valence-corrected chi connectivity index (χ4v) is 2.98. The van der Waals surface area contributed by atoms with Gasteiger partial charge >= 0.3 is 0 Å². The molecule has 16 heavy (non-hydrogen) atoms. The molecule has 1 aliphatic rings. The van der Waals surface area contributed by atoms with Gasteiger partial charge in [0.15, 0.2) is 0 Å². The van der Waals surface area contributed by atoms with Gasteiger partial charge < -0.3 is 10.0 Å². The summed E-state index contributed by atoms with van der Waals surface area (Å²) in [5.74, 6) is 0.256. The number of hydrogen-bond donors (Lipinski definition) is 1. The number of aryl methyl sites for hydroxylation is 2. The second-order valence-electron chi connectivity index (χ2n) is 4.27. The van der Waals surface area contributed by atoms with E-state index >= 15 is 0 Å². The van der Waals surface area contributed by atoms with E-state index in [1.807, 2.05) is 18.7 Å². The summed E-state index contributed by atoms with van der Waals surface area (Å²) in [6, 6.07) is 0. The van der Waals surface area contributed by atoms with Gasteiger partial charge in [-0.2, -0.15) is 0 Å². The van der Waals surface area contributed by atoms with Gasteiger partial charge in [-0.05, 0) is 13.8 Å². The van der Waals surface area contributed by atoms with Gasteiger partial charge in [0.1, 0.15) is 0 Å². The van der Waals surface area contributed by atoms with Crippen LogP contribution in [0.1, 0.15) is 22.0 Å². The van der Waals surface area contributed by atoms with Crippen molar-refractivity contribution in [3.63, 3.8) is 0 Å². The molecule has 1 N–H and O–H groups in total. The van der Waals surface area contributed by atoms with Crippen molar-refractivity contribution >= 4 is 17.2 Å². The zero-order valence-corrected chi connectivity index (χ0v) is 10.4. The molecule has 2 heterocycles. The first kappa shape index (κ1) is 11.5. The van der Waals surface area contributed by atoms with E-state index in [0.29, 0.717) is 19.5 Å². The summed E-state index contributed by atoms with van der Waals surface area (Å²) in [6.45, 7) is 5.37. The summed E-state index contributed by atoms with van der Waals surface area (Å²) in [7, 11) is 0. The predicted octanol–water partition coefficient (Wildman–Crippen LogP) is 1.10. The lowest BCUT2D eigenvalue weighted by Crippen LogP contribution is -2.24. The standard InChI is InChI=1S/C11H16N2O2S/c1-7-10(16-8(2)12-7)5-13-4-9(6-14)3-11(13)15/h9,14H,3-6H2,1-2H3. The minimum atomic E-state index is 0.100. The molecule has 0 saturated carbocycles. The summed E-state index contributed by atoms with van der Waals surface area (Å²) >= 11 is 1.64. The van der Waals surface area contributed by atoms with Crippen LogP contribution in [0.5, 0.6) is 0 Å². The number of nitrogens with zero attached hydrogens (tertiary/aromatic N) is 2. The zero-order chi connectivity index (χ0) is 11.7. The number of carbonyl (C=O) groups excluding carboxylic acids is 1. The van der Waals surface area contributed by atoms with E-state index < -0.39 is 0 Å². The highest BCUT2D eigenvalue weighted by Gasteiger charge is 2.29. The van der Waals surface area contributed by atoms with Crippen LogP contribution in [0, 0.1) is 19.8 Å². The zero-order valence-electron chi connectivity index (χ0n) is 9.56. The Balaban J connectivity index is 2.05. The molecule has 2 rings (SSSR count). The van der Waals surface area contributed by atoms with Gasteiger partial charge in [-0.25, -0.2) is 4.98 Å². The van der Waals surface area contributed by atoms with Crippen molar-refractivity contribution in [3.05, 3.63) is 15.6 Å². The first-order chi connectivity index (χ1) is 7.60. The van der Waals surface area contributed by atoms with Gasteiger partial charge in [-0.1, -0.05) is 0 Å². The molecule has 1 saturated heterocycles. The van der Waals surface area contributed by atoms with Crippen LogP contribution in [0.4, 0.5) is 0 Å². The SMILES string of the molecule is Cc1nc(C)c(CN2CC(CO)CC2=O)s1. The van der Waals surface area contributed by atoms with Crippen molar-refractivity contribution in [3.8, 4) is 0 Å². The molecular weight excluding hydrogens is 224 g/mol. The predicted molar refractivity (Wildman–Crippen MR) is 62.2 cm³/mol. The fourth-order valence-electron chi connectivity index (χ4n) is 2.02. The van der Waals surface area contributed by atoms with Crippen LogP contribution in [0.25, 0.3) is 0 Å². The molecule has 1 amide bonds. The van der Waals surface area contributed by atoms with Crippen LogP contribution >= 0.6 is 11.3 Å². The number of carbonyl (C=O) groups is 1. The molecule has 1 aromatic heterocycles. The average Bonchev–Trinajstić information content (AvgIpc) is 2.72. The fraction of sp³-hybridized carbons (Fsp3) is 0.636. The topological polar surface area (TPSA) is 53.4 Å². The van der Waals surface area contributed by atoms with Crippen molar-refractivity contribution in [1.82, 2.24) is 9.88 Å². The first-order valence-corrected chi connectivity index (χ1v) is 6.23. The van der Waals surface area contributed by atoms with Crippen LogP contribution in [-0.2, 0) is 11.3 Å². The molecule has 1 unspecified atom stereocenters. The van der Waals surface area contributed by atoms with Crippen molar-refractivity contribution in [2.24, 2.45) is 5.92 Å². The molecule has 1 atom stereocenters. The molecule has 88 valence electrons. The number of aromatic nitrogens is 1. The average molecular weight is 240 g/mol. The first-order valence-electron chi connectivity index (χ1n) is 5.41. The Hall–Kier alpha value is -0.940. The monoisotopic (exact) mass is 240 g/mol. The molecule has 4 nitrogen and oxygen atoms in total. The third-order valence-electron chi connectivity index (χ3n) is 2.89. The number of thiazole rings is 1. The van der Waals surface area contributed by atoms with E-state index in [1.165, 1.54) is 0 Å². The Morgan fingerprint density at radius 3 is 2.81 bits per heavy atom. The summed E-state index contributed by atoms with van der Waals surface area (Å²) in [5.41, 5.74) is 1.02. The van der Waals surface area contributed by atoms with Gasteiger partial charge in [-0.15, -0.1) is 11.3 Å². The highest BCUT2D eigenvalue weighted by molar-refractivity contribution is 7.11. The lowest BCUT2D eigenvalue weighted by molar-refractivity contribution is -0.128. The summed E-state index contributed by atoms with van der Waals surface area (Å²) in [5, 5.41) is 10.1. The Morgan fingerprint density at radius 2 is 2.31 bits per heavy atom. The summed E-state index contributed by atoms with van der Waals surface area (Å²) in [4.78, 5) is 19.0. The smallest absolute Gasteiger partial charge is 0.223 e. The Labute approximate surface area is 98.9 Å². The maximum absolute atomic E-state index is 11.7.